The number of nitrogens with one attached hydrogen (secondary N) is 1. The SMILES string of the molecule is CC(C)(C)OC(=O)N[C@H]1/C=C\CCCC[C@H]1C=O. The predicted octanol–water partition coefficient (Wildman–Crippen LogP) is 2.83. The van der Waals surface area contributed by atoms with Crippen LogP contribution < -0.4 is 5.32 Å². The topological polar surface area (TPSA) is 55.4 Å². The van der Waals surface area contributed by atoms with E-state index in [2.05, 4.69) is 5.32 Å². The van der Waals surface area contributed by atoms with Crippen molar-refractivity contribution >= 4 is 12.4 Å². The Morgan fingerprint density at radius 3 is 2.72 bits per heavy atom. The quantitative estimate of drug-likeness (QED) is 0.608. The average molecular weight is 253 g/mol. The Morgan fingerprint density at radius 1 is 1.39 bits per heavy atom. The number of amides is 1. The average Bonchev–Trinajstić information content (AvgIpc) is 2.20. The summed E-state index contributed by atoms with van der Waals surface area (Å²) in [6.45, 7) is 5.45. The van der Waals surface area contributed by atoms with Crippen LogP contribution in [0, 0.1) is 5.92 Å². The van der Waals surface area contributed by atoms with Gasteiger partial charge in [-0.3, -0.25) is 0 Å². The van der Waals surface area contributed by atoms with Crippen LogP contribution in [0.1, 0.15) is 46.5 Å². The second-order valence-electron chi connectivity index (χ2n) is 5.68. The van der Waals surface area contributed by atoms with Gasteiger partial charge in [-0.25, -0.2) is 4.79 Å². The third-order valence-electron chi connectivity index (χ3n) is 2.82. The molecule has 1 amide bonds. The standard InChI is InChI=1S/C14H23NO3/c1-14(2,3)18-13(17)15-12-9-7-5-4-6-8-11(12)10-16/h7,9-12H,4-6,8H2,1-3H3,(H,15,17)/b9-7-/t11-,12-/m0/s1. The number of ether oxygens (including phenoxy) is 1. The minimum absolute atomic E-state index is 0.158. The van der Waals surface area contributed by atoms with Crippen LogP contribution in [0.25, 0.3) is 0 Å². The summed E-state index contributed by atoms with van der Waals surface area (Å²) in [6.07, 6.45) is 8.31. The number of carbonyl (C=O) groups is 2. The van der Waals surface area contributed by atoms with E-state index in [1.54, 1.807) is 0 Å². The molecule has 1 aliphatic carbocycles. The summed E-state index contributed by atoms with van der Waals surface area (Å²) in [6, 6.07) is -0.252. The van der Waals surface area contributed by atoms with Crippen molar-refractivity contribution in [3.05, 3.63) is 12.2 Å². The van der Waals surface area contributed by atoms with Gasteiger partial charge in [0.2, 0.25) is 0 Å². The number of aldehydes is 1. The van der Waals surface area contributed by atoms with Crippen LogP contribution in [-0.2, 0) is 9.53 Å². The van der Waals surface area contributed by atoms with Gasteiger partial charge in [0.05, 0.1) is 6.04 Å². The van der Waals surface area contributed by atoms with Crippen molar-refractivity contribution in [3.8, 4) is 0 Å². The molecule has 1 aliphatic rings. The minimum atomic E-state index is -0.522. The van der Waals surface area contributed by atoms with Crippen LogP contribution in [0.5, 0.6) is 0 Å². The van der Waals surface area contributed by atoms with Crippen molar-refractivity contribution in [1.82, 2.24) is 5.32 Å². The number of alkyl carbamates (subject to hydrolysis) is 1. The fourth-order valence-electron chi connectivity index (χ4n) is 1.96. The maximum absolute atomic E-state index is 11.7. The number of allylic oxidation sites excluding steroid dienone is 1. The summed E-state index contributed by atoms with van der Waals surface area (Å²) in [4.78, 5) is 22.8. The van der Waals surface area contributed by atoms with Gasteiger partial charge in [0.15, 0.2) is 0 Å². The summed E-state index contributed by atoms with van der Waals surface area (Å²) < 4.78 is 5.21. The van der Waals surface area contributed by atoms with Gasteiger partial charge < -0.3 is 14.8 Å². The Bertz CT molecular complexity index is 317. The van der Waals surface area contributed by atoms with E-state index in [-0.39, 0.29) is 12.0 Å². The van der Waals surface area contributed by atoms with Gasteiger partial charge in [-0.15, -0.1) is 0 Å². The molecule has 2 atom stereocenters. The fourth-order valence-corrected chi connectivity index (χ4v) is 1.96. The summed E-state index contributed by atoms with van der Waals surface area (Å²) >= 11 is 0. The highest BCUT2D eigenvalue weighted by molar-refractivity contribution is 5.69. The maximum atomic E-state index is 11.7. The van der Waals surface area contributed by atoms with Crippen LogP contribution in [0.15, 0.2) is 12.2 Å². The lowest BCUT2D eigenvalue weighted by Gasteiger charge is -2.25. The predicted molar refractivity (Wildman–Crippen MR) is 70.3 cm³/mol. The molecule has 18 heavy (non-hydrogen) atoms. The first-order valence-electron chi connectivity index (χ1n) is 6.54. The highest BCUT2D eigenvalue weighted by Crippen LogP contribution is 2.17. The second-order valence-corrected chi connectivity index (χ2v) is 5.68. The molecule has 4 nitrogen and oxygen atoms in total. The van der Waals surface area contributed by atoms with Crippen LogP contribution >= 0.6 is 0 Å². The molecular weight excluding hydrogens is 230 g/mol. The normalized spacial score (nSPS) is 26.6. The summed E-state index contributed by atoms with van der Waals surface area (Å²) in [7, 11) is 0. The van der Waals surface area contributed by atoms with Crippen molar-refractivity contribution in [3.63, 3.8) is 0 Å². The van der Waals surface area contributed by atoms with E-state index < -0.39 is 11.7 Å². The molecule has 0 heterocycles. The molecule has 0 fully saturated rings. The van der Waals surface area contributed by atoms with E-state index >= 15 is 0 Å². The monoisotopic (exact) mass is 253 g/mol. The lowest BCUT2D eigenvalue weighted by atomic mass is 9.92. The smallest absolute Gasteiger partial charge is 0.408 e. The van der Waals surface area contributed by atoms with Gasteiger partial charge in [-0.2, -0.15) is 0 Å². The molecule has 0 unspecified atom stereocenters. The Labute approximate surface area is 109 Å². The van der Waals surface area contributed by atoms with Gasteiger partial charge in [0.1, 0.15) is 11.9 Å². The van der Waals surface area contributed by atoms with Crippen LogP contribution in [0.4, 0.5) is 4.79 Å². The van der Waals surface area contributed by atoms with Crippen molar-refractivity contribution < 1.29 is 14.3 Å². The summed E-state index contributed by atoms with van der Waals surface area (Å²) in [5.41, 5.74) is -0.522. The third-order valence-corrected chi connectivity index (χ3v) is 2.82. The zero-order chi connectivity index (χ0) is 13.6. The Kier molecular flexibility index (Phi) is 5.38. The van der Waals surface area contributed by atoms with Gasteiger partial charge in [-0.1, -0.05) is 18.6 Å². The Morgan fingerprint density at radius 2 is 2.11 bits per heavy atom. The largest absolute Gasteiger partial charge is 0.444 e. The first-order chi connectivity index (χ1) is 8.42. The molecule has 0 aliphatic heterocycles. The van der Waals surface area contributed by atoms with E-state index in [9.17, 15) is 9.59 Å². The van der Waals surface area contributed by atoms with Gasteiger partial charge in [0, 0.05) is 5.92 Å². The summed E-state index contributed by atoms with van der Waals surface area (Å²) in [5, 5.41) is 2.76. The van der Waals surface area contributed by atoms with E-state index in [1.165, 1.54) is 0 Å². The van der Waals surface area contributed by atoms with Crippen molar-refractivity contribution in [2.75, 3.05) is 0 Å². The number of rotatable bonds is 2. The molecule has 0 saturated heterocycles. The number of hydrogen-bond donors (Lipinski definition) is 1. The van der Waals surface area contributed by atoms with Gasteiger partial charge in [0.25, 0.3) is 0 Å². The van der Waals surface area contributed by atoms with Crippen LogP contribution in [-0.4, -0.2) is 24.0 Å². The molecule has 0 spiro atoms. The van der Waals surface area contributed by atoms with E-state index in [1.807, 2.05) is 32.9 Å². The molecule has 0 aromatic carbocycles. The van der Waals surface area contributed by atoms with Gasteiger partial charge in [-0.05, 0) is 40.0 Å². The molecule has 102 valence electrons. The van der Waals surface area contributed by atoms with E-state index in [0.717, 1.165) is 32.0 Å². The van der Waals surface area contributed by atoms with Crippen LogP contribution in [0.2, 0.25) is 0 Å². The molecule has 1 N–H and O–H groups in total. The first kappa shape index (κ1) is 14.7. The minimum Gasteiger partial charge on any atom is -0.444 e. The fraction of sp³-hybridized carbons (Fsp3) is 0.714. The second kappa shape index (κ2) is 6.57. The number of hydrogen-bond acceptors (Lipinski definition) is 3. The zero-order valence-corrected chi connectivity index (χ0v) is 11.4. The molecule has 0 saturated carbocycles. The molecule has 4 heteroatoms. The van der Waals surface area contributed by atoms with Crippen molar-refractivity contribution in [1.29, 1.82) is 0 Å². The highest BCUT2D eigenvalue weighted by atomic mass is 16.6. The van der Waals surface area contributed by atoms with Crippen molar-refractivity contribution in [2.24, 2.45) is 5.92 Å². The first-order valence-corrected chi connectivity index (χ1v) is 6.54. The van der Waals surface area contributed by atoms with E-state index in [4.69, 9.17) is 4.74 Å². The summed E-state index contributed by atoms with van der Waals surface area (Å²) in [5.74, 6) is -0.158. The maximum Gasteiger partial charge on any atom is 0.408 e. The van der Waals surface area contributed by atoms with Crippen molar-refractivity contribution in [2.45, 2.75) is 58.1 Å². The molecular formula is C14H23NO3. The lowest BCUT2D eigenvalue weighted by molar-refractivity contribution is -0.111. The molecule has 1 rings (SSSR count). The van der Waals surface area contributed by atoms with Gasteiger partial charge >= 0.3 is 6.09 Å². The van der Waals surface area contributed by atoms with Crippen LogP contribution in [0.3, 0.4) is 0 Å². The Hall–Kier alpha value is -1.32. The Balaban J connectivity index is 2.62. The molecule has 0 aromatic rings. The zero-order valence-electron chi connectivity index (χ0n) is 11.4. The highest BCUT2D eigenvalue weighted by Gasteiger charge is 2.24. The molecule has 0 aromatic heterocycles. The van der Waals surface area contributed by atoms with E-state index in [0.29, 0.717) is 0 Å². The molecule has 0 radical (unpaired) electrons. The third kappa shape index (κ3) is 5.34. The number of carbonyl (C=O) groups excluding carboxylic acids is 2. The lowest BCUT2D eigenvalue weighted by Crippen LogP contribution is -2.42. The molecule has 0 bridgehead atoms.